The lowest BCUT2D eigenvalue weighted by molar-refractivity contribution is -0.360. The summed E-state index contributed by atoms with van der Waals surface area (Å²) in [4.78, 5) is 28.2. The molecule has 0 atom stereocenters. The van der Waals surface area contributed by atoms with Crippen LogP contribution in [0.1, 0.15) is 21.5 Å². The number of aromatic nitrogens is 2. The standard InChI is InChI=1S/C18H15N3O3/c1-10-5-7-19-13(9-10)20-17(23)14-16(22)12-4-2-3-11-6-8-21(15(11)12)18(14)24/h2-5,7,9,22H,6,8H2,1H3,(H,19,20,23)/p+1. The molecule has 0 bridgehead atoms. The Labute approximate surface area is 137 Å². The average Bonchev–Trinajstić information content (AvgIpc) is 2.98. The monoisotopic (exact) mass is 322 g/mol. The number of H-pyrrole nitrogens is 1. The van der Waals surface area contributed by atoms with E-state index in [9.17, 15) is 14.7 Å². The van der Waals surface area contributed by atoms with Crippen LogP contribution >= 0.6 is 0 Å². The minimum atomic E-state index is -0.623. The van der Waals surface area contributed by atoms with E-state index in [1.807, 2.05) is 25.1 Å². The summed E-state index contributed by atoms with van der Waals surface area (Å²) in [7, 11) is 0. The molecule has 0 saturated carbocycles. The number of pyridine rings is 2. The summed E-state index contributed by atoms with van der Waals surface area (Å²) < 4.78 is 1.57. The van der Waals surface area contributed by atoms with Crippen LogP contribution in [0.15, 0.2) is 41.3 Å². The van der Waals surface area contributed by atoms with E-state index >= 15 is 0 Å². The number of hydrogen-bond donors (Lipinski definition) is 2. The zero-order valence-corrected chi connectivity index (χ0v) is 13.1. The molecule has 4 rings (SSSR count). The third-order valence-electron chi connectivity index (χ3n) is 4.38. The molecule has 3 N–H and O–H groups in total. The number of anilines is 1. The van der Waals surface area contributed by atoms with Crippen LogP contribution < -0.4 is 15.9 Å². The van der Waals surface area contributed by atoms with Gasteiger partial charge >= 0.3 is 5.91 Å². The molecule has 1 aliphatic heterocycles. The highest BCUT2D eigenvalue weighted by atomic mass is 16.3. The number of carbonyl (C=O) groups is 1. The van der Waals surface area contributed by atoms with Crippen LogP contribution in [-0.4, -0.2) is 15.6 Å². The van der Waals surface area contributed by atoms with E-state index < -0.39 is 11.5 Å². The molecule has 0 aliphatic carbocycles. The van der Waals surface area contributed by atoms with E-state index in [0.29, 0.717) is 17.7 Å². The molecule has 24 heavy (non-hydrogen) atoms. The molecule has 0 fully saturated rings. The van der Waals surface area contributed by atoms with Gasteiger partial charge in [0.1, 0.15) is 5.75 Å². The first-order chi connectivity index (χ1) is 11.6. The van der Waals surface area contributed by atoms with Gasteiger partial charge in [-0.1, -0.05) is 12.1 Å². The predicted molar refractivity (Wildman–Crippen MR) is 89.3 cm³/mol. The summed E-state index contributed by atoms with van der Waals surface area (Å²) >= 11 is 0. The topological polar surface area (TPSA) is 85.5 Å². The van der Waals surface area contributed by atoms with Crippen LogP contribution in [0.5, 0.6) is 5.75 Å². The number of para-hydroxylation sites is 1. The molecule has 1 amide bonds. The van der Waals surface area contributed by atoms with Crippen molar-refractivity contribution in [2.24, 2.45) is 0 Å². The number of aryl methyl sites for hydroxylation is 3. The maximum absolute atomic E-state index is 12.7. The highest BCUT2D eigenvalue weighted by Gasteiger charge is 2.28. The van der Waals surface area contributed by atoms with Gasteiger partial charge in [-0.2, -0.15) is 0 Å². The lowest BCUT2D eigenvalue weighted by Crippen LogP contribution is -2.30. The lowest BCUT2D eigenvalue weighted by Gasteiger charge is -2.09. The van der Waals surface area contributed by atoms with Crippen molar-refractivity contribution in [2.75, 3.05) is 5.32 Å². The summed E-state index contributed by atoms with van der Waals surface area (Å²) in [5.74, 6) is -0.420. The van der Waals surface area contributed by atoms with Crippen LogP contribution in [0.4, 0.5) is 5.82 Å². The Morgan fingerprint density at radius 3 is 2.96 bits per heavy atom. The van der Waals surface area contributed by atoms with E-state index in [1.54, 1.807) is 22.9 Å². The second kappa shape index (κ2) is 5.19. The number of rotatable bonds is 2. The van der Waals surface area contributed by atoms with Crippen molar-refractivity contribution in [3.63, 3.8) is 0 Å². The maximum Gasteiger partial charge on any atom is 0.348 e. The number of amides is 1. The lowest BCUT2D eigenvalue weighted by atomic mass is 10.1. The molecule has 3 heterocycles. The van der Waals surface area contributed by atoms with Gasteiger partial charge in [0.15, 0.2) is 5.56 Å². The summed E-state index contributed by atoms with van der Waals surface area (Å²) in [5.41, 5.74) is 2.01. The van der Waals surface area contributed by atoms with E-state index in [-0.39, 0.29) is 11.3 Å². The van der Waals surface area contributed by atoms with Crippen LogP contribution in [-0.2, 0) is 13.0 Å². The zero-order chi connectivity index (χ0) is 16.8. The number of carbonyl (C=O) groups excluding carboxylic acids is 1. The molecule has 6 nitrogen and oxygen atoms in total. The van der Waals surface area contributed by atoms with Crippen molar-refractivity contribution in [1.29, 1.82) is 0 Å². The summed E-state index contributed by atoms with van der Waals surface area (Å²) in [6, 6.07) is 9.11. The van der Waals surface area contributed by atoms with Gasteiger partial charge in [0.25, 0.3) is 11.4 Å². The van der Waals surface area contributed by atoms with Crippen LogP contribution in [0.3, 0.4) is 0 Å². The number of aromatic hydroxyl groups is 1. The minimum Gasteiger partial charge on any atom is -0.506 e. The first-order valence-corrected chi connectivity index (χ1v) is 7.73. The van der Waals surface area contributed by atoms with Gasteiger partial charge in [0, 0.05) is 18.0 Å². The number of nitrogens with one attached hydrogen (secondary N) is 2. The molecule has 6 heteroatoms. The number of benzene rings is 1. The molecule has 1 aromatic carbocycles. The molecule has 2 aromatic heterocycles. The van der Waals surface area contributed by atoms with Gasteiger partial charge in [0.05, 0.1) is 11.7 Å². The molecule has 1 aliphatic rings. The Bertz CT molecular complexity index is 1050. The number of aromatic amines is 1. The minimum absolute atomic E-state index is 0.226. The van der Waals surface area contributed by atoms with Gasteiger partial charge in [0.2, 0.25) is 0 Å². The molecule has 3 aromatic rings. The van der Waals surface area contributed by atoms with E-state index in [4.69, 9.17) is 0 Å². The van der Waals surface area contributed by atoms with Gasteiger partial charge in [-0.25, -0.2) is 15.1 Å². The van der Waals surface area contributed by atoms with Crippen molar-refractivity contribution in [3.8, 4) is 5.75 Å². The maximum atomic E-state index is 12.7. The van der Waals surface area contributed by atoms with Gasteiger partial charge < -0.3 is 9.67 Å². The second-order valence-electron chi connectivity index (χ2n) is 5.98. The molecule has 0 saturated heterocycles. The highest BCUT2D eigenvalue weighted by Crippen LogP contribution is 2.32. The van der Waals surface area contributed by atoms with Gasteiger partial charge in [-0.3, -0.25) is 4.79 Å². The van der Waals surface area contributed by atoms with Crippen LogP contribution in [0.25, 0.3) is 10.9 Å². The summed E-state index contributed by atoms with van der Waals surface area (Å²) in [6.07, 6.45) is 2.42. The fourth-order valence-electron chi connectivity index (χ4n) is 3.26. The molecule has 0 unspecified atom stereocenters. The molecular weight excluding hydrogens is 306 g/mol. The first kappa shape index (κ1) is 14.4. The molecule has 0 spiro atoms. The number of hydrogen-bond acceptors (Lipinski definition) is 3. The smallest absolute Gasteiger partial charge is 0.348 e. The van der Waals surface area contributed by atoms with Gasteiger partial charge in [-0.15, -0.1) is 0 Å². The summed E-state index contributed by atoms with van der Waals surface area (Å²) in [5, 5.41) is 13.7. The normalized spacial score (nSPS) is 12.5. The van der Waals surface area contributed by atoms with E-state index in [1.165, 1.54) is 0 Å². The predicted octanol–water partition coefficient (Wildman–Crippen LogP) is 1.64. The molecule has 0 radical (unpaired) electrons. The van der Waals surface area contributed by atoms with Crippen molar-refractivity contribution in [1.82, 2.24) is 4.57 Å². The Morgan fingerprint density at radius 1 is 1.33 bits per heavy atom. The second-order valence-corrected chi connectivity index (χ2v) is 5.98. The third kappa shape index (κ3) is 2.07. The highest BCUT2D eigenvalue weighted by molar-refractivity contribution is 6.08. The van der Waals surface area contributed by atoms with E-state index in [2.05, 4.69) is 10.3 Å². The zero-order valence-electron chi connectivity index (χ0n) is 13.1. The average molecular weight is 322 g/mol. The van der Waals surface area contributed by atoms with Gasteiger partial charge in [-0.05, 0) is 36.6 Å². The third-order valence-corrected chi connectivity index (χ3v) is 4.38. The molecule has 120 valence electrons. The fraction of sp³-hybridized carbons (Fsp3) is 0.167. The Kier molecular flexibility index (Phi) is 3.13. The van der Waals surface area contributed by atoms with Crippen molar-refractivity contribution in [3.05, 3.63) is 63.6 Å². The van der Waals surface area contributed by atoms with Crippen LogP contribution in [0.2, 0.25) is 0 Å². The Balaban J connectivity index is 1.86. The van der Waals surface area contributed by atoms with Crippen molar-refractivity contribution < 1.29 is 14.9 Å². The van der Waals surface area contributed by atoms with Crippen LogP contribution in [0, 0.1) is 6.92 Å². The van der Waals surface area contributed by atoms with E-state index in [0.717, 1.165) is 23.1 Å². The largest absolute Gasteiger partial charge is 0.506 e. The Morgan fingerprint density at radius 2 is 2.17 bits per heavy atom. The van der Waals surface area contributed by atoms with Crippen molar-refractivity contribution >= 4 is 22.6 Å². The number of nitrogens with zero attached hydrogens (tertiary/aromatic N) is 1. The quantitative estimate of drug-likeness (QED) is 0.752. The fourth-order valence-corrected chi connectivity index (χ4v) is 3.26. The first-order valence-electron chi connectivity index (χ1n) is 7.73. The SMILES string of the molecule is Cc1cc[nH+]c(NC(=O)c2c(O)c3cccc4c3n(c2=O)CC4)c1. The molecular formula is C18H16N3O3+. The van der Waals surface area contributed by atoms with Crippen molar-refractivity contribution in [2.45, 2.75) is 19.9 Å². The Hall–Kier alpha value is -3.15. The summed E-state index contributed by atoms with van der Waals surface area (Å²) in [6.45, 7) is 2.42.